The number of carbonyl (C=O) groups excluding carboxylic acids is 1. The Morgan fingerprint density at radius 1 is 1.70 bits per heavy atom. The van der Waals surface area contributed by atoms with Crippen molar-refractivity contribution in [3.63, 3.8) is 0 Å². The molecule has 0 aliphatic carbocycles. The van der Waals surface area contributed by atoms with E-state index in [9.17, 15) is 4.79 Å². The molecule has 0 aromatic heterocycles. The van der Waals surface area contributed by atoms with Crippen molar-refractivity contribution in [3.05, 3.63) is 11.4 Å². The summed E-state index contributed by atoms with van der Waals surface area (Å²) in [7, 11) is 0. The lowest BCUT2D eigenvalue weighted by Crippen LogP contribution is -2.17. The summed E-state index contributed by atoms with van der Waals surface area (Å²) in [6.45, 7) is 8.43. The zero-order valence-corrected chi connectivity index (χ0v) is 5.53. The van der Waals surface area contributed by atoms with Crippen LogP contribution in [-0.2, 0) is 9.47 Å². The van der Waals surface area contributed by atoms with Gasteiger partial charge in [0.05, 0.1) is 0 Å². The fourth-order valence-corrected chi connectivity index (χ4v) is 0.779. The van der Waals surface area contributed by atoms with Gasteiger partial charge in [-0.1, -0.05) is 6.92 Å². The zero-order chi connectivity index (χ0) is 7.56. The van der Waals surface area contributed by atoms with Crippen LogP contribution in [0.1, 0.15) is 13.3 Å². The van der Waals surface area contributed by atoms with Crippen molar-refractivity contribution in [2.24, 2.45) is 0 Å². The van der Waals surface area contributed by atoms with Crippen molar-refractivity contribution in [2.45, 2.75) is 25.7 Å². The standard InChI is InChI=1S/C6H7NO3/c1-3-4-5(7-2)10-6(8)9-4/h4-5H,3H2,1H3. The zero-order valence-electron chi connectivity index (χ0n) is 5.53. The fraction of sp³-hybridized carbons (Fsp3) is 0.667. The van der Waals surface area contributed by atoms with Crippen LogP contribution in [0.2, 0.25) is 0 Å². The molecule has 0 N–H and O–H groups in total. The van der Waals surface area contributed by atoms with Crippen molar-refractivity contribution < 1.29 is 14.3 Å². The van der Waals surface area contributed by atoms with E-state index in [1.807, 2.05) is 6.92 Å². The number of cyclic esters (lactones) is 2. The predicted octanol–water partition coefficient (Wildman–Crippen LogP) is 1.18. The molecular weight excluding hydrogens is 134 g/mol. The number of ether oxygens (including phenoxy) is 2. The monoisotopic (exact) mass is 141 g/mol. The summed E-state index contributed by atoms with van der Waals surface area (Å²) >= 11 is 0. The fourth-order valence-electron chi connectivity index (χ4n) is 0.779. The normalized spacial score (nSPS) is 30.6. The number of rotatable bonds is 1. The molecule has 1 rings (SSSR count). The van der Waals surface area contributed by atoms with Crippen LogP contribution in [-0.4, -0.2) is 18.5 Å². The van der Waals surface area contributed by atoms with E-state index < -0.39 is 12.4 Å². The van der Waals surface area contributed by atoms with Gasteiger partial charge in [-0.15, -0.1) is 0 Å². The van der Waals surface area contributed by atoms with Gasteiger partial charge in [0.25, 0.3) is 0 Å². The molecule has 0 saturated carbocycles. The topological polar surface area (TPSA) is 39.9 Å². The average Bonchev–Trinajstić information content (AvgIpc) is 2.30. The van der Waals surface area contributed by atoms with Crippen molar-refractivity contribution in [1.82, 2.24) is 0 Å². The van der Waals surface area contributed by atoms with E-state index in [2.05, 4.69) is 14.3 Å². The molecule has 0 aromatic rings. The molecule has 54 valence electrons. The van der Waals surface area contributed by atoms with Gasteiger partial charge in [0.15, 0.2) is 0 Å². The molecule has 1 aliphatic rings. The predicted molar refractivity (Wildman–Crippen MR) is 32.0 cm³/mol. The summed E-state index contributed by atoms with van der Waals surface area (Å²) in [5.41, 5.74) is 0. The average molecular weight is 141 g/mol. The molecule has 2 atom stereocenters. The second-order valence-corrected chi connectivity index (χ2v) is 1.95. The summed E-state index contributed by atoms with van der Waals surface area (Å²) in [4.78, 5) is 13.5. The van der Waals surface area contributed by atoms with Crippen LogP contribution in [0.3, 0.4) is 0 Å². The quantitative estimate of drug-likeness (QED) is 0.406. The van der Waals surface area contributed by atoms with Gasteiger partial charge in [-0.2, -0.15) is 0 Å². The number of carbonyl (C=O) groups is 1. The van der Waals surface area contributed by atoms with Gasteiger partial charge in [-0.3, -0.25) is 4.85 Å². The first-order chi connectivity index (χ1) is 4.77. The van der Waals surface area contributed by atoms with Crippen LogP contribution in [0.5, 0.6) is 0 Å². The molecule has 4 nitrogen and oxygen atoms in total. The van der Waals surface area contributed by atoms with Crippen LogP contribution >= 0.6 is 0 Å². The Balaban J connectivity index is 2.59. The number of hydrogen-bond donors (Lipinski definition) is 0. The minimum absolute atomic E-state index is 0.370. The minimum atomic E-state index is -0.729. The lowest BCUT2D eigenvalue weighted by Gasteiger charge is -1.99. The first kappa shape index (κ1) is 6.87. The molecule has 0 spiro atoms. The third-order valence-corrected chi connectivity index (χ3v) is 1.31. The molecule has 0 radical (unpaired) electrons. The Morgan fingerprint density at radius 3 is 2.80 bits per heavy atom. The Hall–Kier alpha value is -1.24. The third kappa shape index (κ3) is 1.03. The molecule has 1 aliphatic heterocycles. The van der Waals surface area contributed by atoms with E-state index in [0.29, 0.717) is 6.42 Å². The van der Waals surface area contributed by atoms with E-state index in [0.717, 1.165) is 0 Å². The molecule has 10 heavy (non-hydrogen) atoms. The Morgan fingerprint density at radius 2 is 2.40 bits per heavy atom. The van der Waals surface area contributed by atoms with E-state index >= 15 is 0 Å². The smallest absolute Gasteiger partial charge is 0.418 e. The summed E-state index contributed by atoms with van der Waals surface area (Å²) in [5, 5.41) is 0. The molecular formula is C6H7NO3. The lowest BCUT2D eigenvalue weighted by atomic mass is 10.2. The highest BCUT2D eigenvalue weighted by Crippen LogP contribution is 2.18. The van der Waals surface area contributed by atoms with Gasteiger partial charge in [0, 0.05) is 0 Å². The highest BCUT2D eigenvalue weighted by molar-refractivity contribution is 5.62. The molecule has 0 aromatic carbocycles. The maximum absolute atomic E-state index is 10.4. The molecule has 1 saturated heterocycles. The first-order valence-electron chi connectivity index (χ1n) is 3.01. The second-order valence-electron chi connectivity index (χ2n) is 1.95. The molecule has 0 amide bonds. The van der Waals surface area contributed by atoms with E-state index in [1.165, 1.54) is 0 Å². The van der Waals surface area contributed by atoms with Gasteiger partial charge in [0.1, 0.15) is 0 Å². The molecule has 1 fully saturated rings. The van der Waals surface area contributed by atoms with Crippen LogP contribution in [0.25, 0.3) is 4.85 Å². The van der Waals surface area contributed by atoms with Crippen LogP contribution < -0.4 is 0 Å². The lowest BCUT2D eigenvalue weighted by molar-refractivity contribution is 0.116. The summed E-state index contributed by atoms with van der Waals surface area (Å²) in [6.07, 6.45) is -1.20. The maximum Gasteiger partial charge on any atom is 0.514 e. The highest BCUT2D eigenvalue weighted by Gasteiger charge is 2.40. The van der Waals surface area contributed by atoms with E-state index in [-0.39, 0.29) is 6.10 Å². The third-order valence-electron chi connectivity index (χ3n) is 1.31. The summed E-state index contributed by atoms with van der Waals surface area (Å²) in [5.74, 6) is 0. The van der Waals surface area contributed by atoms with Crippen LogP contribution in [0.15, 0.2) is 0 Å². The Labute approximate surface area is 58.5 Å². The van der Waals surface area contributed by atoms with Crippen LogP contribution in [0, 0.1) is 6.57 Å². The van der Waals surface area contributed by atoms with Gasteiger partial charge in [0.2, 0.25) is 6.10 Å². The van der Waals surface area contributed by atoms with Crippen molar-refractivity contribution in [3.8, 4) is 0 Å². The van der Waals surface area contributed by atoms with Gasteiger partial charge < -0.3 is 9.47 Å². The molecule has 1 heterocycles. The summed E-state index contributed by atoms with van der Waals surface area (Å²) < 4.78 is 9.14. The van der Waals surface area contributed by atoms with Gasteiger partial charge in [-0.25, -0.2) is 11.4 Å². The van der Waals surface area contributed by atoms with Crippen molar-refractivity contribution >= 4 is 6.16 Å². The molecule has 0 bridgehead atoms. The molecule has 2 unspecified atom stereocenters. The van der Waals surface area contributed by atoms with E-state index in [1.54, 1.807) is 0 Å². The Bertz CT molecular complexity index is 184. The molecule has 4 heteroatoms. The van der Waals surface area contributed by atoms with Crippen LogP contribution in [0.4, 0.5) is 4.79 Å². The largest absolute Gasteiger partial charge is 0.514 e. The first-order valence-corrected chi connectivity index (χ1v) is 3.01. The second kappa shape index (κ2) is 2.56. The van der Waals surface area contributed by atoms with Gasteiger partial charge in [-0.05, 0) is 6.42 Å². The Kier molecular flexibility index (Phi) is 1.76. The number of nitrogens with zero attached hydrogens (tertiary/aromatic N) is 1. The summed E-state index contributed by atoms with van der Waals surface area (Å²) in [6, 6.07) is 0. The maximum atomic E-state index is 10.4. The van der Waals surface area contributed by atoms with Crippen molar-refractivity contribution in [1.29, 1.82) is 0 Å². The van der Waals surface area contributed by atoms with Crippen molar-refractivity contribution in [2.75, 3.05) is 0 Å². The SMILES string of the molecule is [C-]#[N+]C1OC(=O)OC1CC. The van der Waals surface area contributed by atoms with E-state index in [4.69, 9.17) is 6.57 Å². The number of hydrogen-bond acceptors (Lipinski definition) is 3. The van der Waals surface area contributed by atoms with Gasteiger partial charge >= 0.3 is 12.4 Å². The highest BCUT2D eigenvalue weighted by atomic mass is 16.8. The minimum Gasteiger partial charge on any atom is -0.418 e.